The van der Waals surface area contributed by atoms with Gasteiger partial charge in [0, 0.05) is 23.1 Å². The van der Waals surface area contributed by atoms with Gasteiger partial charge in [-0.25, -0.2) is 4.98 Å². The normalized spacial score (nSPS) is 10.3. The Hall–Kier alpha value is -3.12. The Labute approximate surface area is 156 Å². The van der Waals surface area contributed by atoms with Gasteiger partial charge in [0.25, 0.3) is 0 Å². The molecule has 26 heavy (non-hydrogen) atoms. The van der Waals surface area contributed by atoms with Gasteiger partial charge in [0.05, 0.1) is 12.1 Å². The van der Waals surface area contributed by atoms with Crippen LogP contribution < -0.4 is 15.4 Å². The van der Waals surface area contributed by atoms with E-state index in [1.54, 1.807) is 43.6 Å². The summed E-state index contributed by atoms with van der Waals surface area (Å²) in [5.74, 6) is 1.68. The van der Waals surface area contributed by atoms with Crippen molar-refractivity contribution in [3.05, 3.63) is 65.3 Å². The van der Waals surface area contributed by atoms with Crippen molar-refractivity contribution in [2.75, 3.05) is 17.7 Å². The first kappa shape index (κ1) is 17.7. The number of rotatable bonds is 6. The number of methoxy groups -OCH3 is 1. The molecule has 132 valence electrons. The van der Waals surface area contributed by atoms with Crippen molar-refractivity contribution in [2.45, 2.75) is 6.92 Å². The summed E-state index contributed by atoms with van der Waals surface area (Å²) in [5.41, 5.74) is 2.24. The van der Waals surface area contributed by atoms with Crippen molar-refractivity contribution in [1.82, 2.24) is 9.97 Å². The maximum absolute atomic E-state index is 11.3. The average molecular weight is 369 g/mol. The highest BCUT2D eigenvalue weighted by Crippen LogP contribution is 2.28. The molecule has 0 fully saturated rings. The van der Waals surface area contributed by atoms with Crippen LogP contribution in [0.25, 0.3) is 0 Å². The Morgan fingerprint density at radius 1 is 1.04 bits per heavy atom. The highest BCUT2D eigenvalue weighted by Gasteiger charge is 2.05. The number of carbonyl (C=O) groups excluding carboxylic acids is 1. The molecule has 3 rings (SSSR count). The molecule has 2 N–H and O–H groups in total. The summed E-state index contributed by atoms with van der Waals surface area (Å²) in [6, 6.07) is 14.3. The lowest BCUT2D eigenvalue weighted by atomic mass is 10.1. The number of hydrogen-bond donors (Lipinski definition) is 2. The first-order valence-corrected chi connectivity index (χ1v) is 8.24. The summed E-state index contributed by atoms with van der Waals surface area (Å²) in [6.45, 7) is 1.54. The molecule has 3 aromatic rings. The molecule has 0 saturated carbocycles. The molecule has 1 heterocycles. The van der Waals surface area contributed by atoms with Crippen LogP contribution in [0.4, 0.5) is 23.1 Å². The van der Waals surface area contributed by atoms with Crippen molar-refractivity contribution in [3.8, 4) is 5.75 Å². The zero-order valence-corrected chi connectivity index (χ0v) is 15.0. The number of halogens is 1. The summed E-state index contributed by atoms with van der Waals surface area (Å²) in [5, 5.41) is 6.77. The molecular formula is C19H17ClN4O2. The summed E-state index contributed by atoms with van der Waals surface area (Å²) < 4.78 is 5.14. The Balaban J connectivity index is 1.73. The lowest BCUT2D eigenvalue weighted by Crippen LogP contribution is -2.01. The predicted molar refractivity (Wildman–Crippen MR) is 103 cm³/mol. The van der Waals surface area contributed by atoms with E-state index in [4.69, 9.17) is 16.3 Å². The molecule has 0 aliphatic rings. The second kappa shape index (κ2) is 7.84. The van der Waals surface area contributed by atoms with Gasteiger partial charge in [0.2, 0.25) is 5.95 Å². The number of aromatic nitrogens is 2. The number of nitrogens with one attached hydrogen (secondary N) is 2. The minimum absolute atomic E-state index is 0.0308. The van der Waals surface area contributed by atoms with Gasteiger partial charge in [-0.1, -0.05) is 11.6 Å². The van der Waals surface area contributed by atoms with Gasteiger partial charge in [-0.05, 0) is 55.5 Å². The third kappa shape index (κ3) is 4.29. The number of nitrogens with zero attached hydrogens (tertiary/aromatic N) is 2. The van der Waals surface area contributed by atoms with Crippen LogP contribution in [-0.2, 0) is 0 Å². The van der Waals surface area contributed by atoms with E-state index < -0.39 is 0 Å². The number of ether oxygens (including phenoxy) is 1. The Kier molecular flexibility index (Phi) is 5.34. The lowest BCUT2D eigenvalue weighted by Gasteiger charge is -2.10. The van der Waals surface area contributed by atoms with Crippen molar-refractivity contribution in [2.24, 2.45) is 0 Å². The van der Waals surface area contributed by atoms with Crippen LogP contribution in [0.15, 0.2) is 54.7 Å². The fraction of sp³-hybridized carbons (Fsp3) is 0.105. The van der Waals surface area contributed by atoms with Crippen LogP contribution in [0.1, 0.15) is 17.3 Å². The van der Waals surface area contributed by atoms with E-state index in [9.17, 15) is 4.79 Å². The van der Waals surface area contributed by atoms with Crippen molar-refractivity contribution < 1.29 is 9.53 Å². The fourth-order valence-electron chi connectivity index (χ4n) is 2.30. The third-order valence-corrected chi connectivity index (χ3v) is 3.92. The highest BCUT2D eigenvalue weighted by molar-refractivity contribution is 6.32. The summed E-state index contributed by atoms with van der Waals surface area (Å²) in [4.78, 5) is 20.0. The van der Waals surface area contributed by atoms with Crippen LogP contribution in [0.3, 0.4) is 0 Å². The maximum atomic E-state index is 11.3. The number of Topliss-reactive ketones (excluding diaryl/α,β-unsaturated/α-hetero) is 1. The van der Waals surface area contributed by atoms with E-state index in [2.05, 4.69) is 20.6 Å². The Morgan fingerprint density at radius 3 is 2.42 bits per heavy atom. The van der Waals surface area contributed by atoms with Crippen LogP contribution in [0.5, 0.6) is 5.75 Å². The molecule has 2 aromatic carbocycles. The summed E-state index contributed by atoms with van der Waals surface area (Å²) in [7, 11) is 1.56. The minimum atomic E-state index is 0.0308. The smallest absolute Gasteiger partial charge is 0.229 e. The van der Waals surface area contributed by atoms with Gasteiger partial charge in [0.15, 0.2) is 5.78 Å². The van der Waals surface area contributed by atoms with Gasteiger partial charge in [0.1, 0.15) is 11.6 Å². The maximum Gasteiger partial charge on any atom is 0.229 e. The van der Waals surface area contributed by atoms with Crippen LogP contribution in [0, 0.1) is 0 Å². The van der Waals surface area contributed by atoms with Crippen LogP contribution >= 0.6 is 11.6 Å². The monoisotopic (exact) mass is 368 g/mol. The topological polar surface area (TPSA) is 76.1 Å². The highest BCUT2D eigenvalue weighted by atomic mass is 35.5. The average Bonchev–Trinajstić information content (AvgIpc) is 2.63. The minimum Gasteiger partial charge on any atom is -0.495 e. The molecule has 7 heteroatoms. The summed E-state index contributed by atoms with van der Waals surface area (Å²) in [6.07, 6.45) is 1.65. The van der Waals surface area contributed by atoms with Gasteiger partial charge in [-0.15, -0.1) is 0 Å². The van der Waals surface area contributed by atoms with E-state index in [-0.39, 0.29) is 5.78 Å². The largest absolute Gasteiger partial charge is 0.495 e. The van der Waals surface area contributed by atoms with Crippen LogP contribution in [0.2, 0.25) is 5.02 Å². The number of carbonyl (C=O) groups is 1. The molecule has 0 atom stereocenters. The van der Waals surface area contributed by atoms with Crippen molar-refractivity contribution >= 4 is 40.5 Å². The second-order valence-corrected chi connectivity index (χ2v) is 5.91. The standard InChI is InChI=1S/C19H17ClN4O2/c1-12(25)13-3-5-14(6-4-13)22-18-9-10-21-19(24-18)23-15-7-8-17(26-2)16(20)11-15/h3-11H,1-2H3,(H2,21,22,23,24). The number of benzene rings is 2. The molecule has 0 aliphatic heterocycles. The van der Waals surface area contributed by atoms with Crippen molar-refractivity contribution in [3.63, 3.8) is 0 Å². The predicted octanol–water partition coefficient (Wildman–Crippen LogP) is 4.83. The van der Waals surface area contributed by atoms with E-state index in [1.165, 1.54) is 6.92 Å². The third-order valence-electron chi connectivity index (χ3n) is 3.63. The molecule has 0 spiro atoms. The van der Waals surface area contributed by atoms with Crippen molar-refractivity contribution in [1.29, 1.82) is 0 Å². The zero-order valence-electron chi connectivity index (χ0n) is 14.3. The number of hydrogen-bond acceptors (Lipinski definition) is 6. The van der Waals surface area contributed by atoms with E-state index in [0.717, 1.165) is 11.4 Å². The Bertz CT molecular complexity index is 929. The SMILES string of the molecule is COc1ccc(Nc2nccc(Nc3ccc(C(C)=O)cc3)n2)cc1Cl. The molecule has 0 radical (unpaired) electrons. The quantitative estimate of drug-likeness (QED) is 0.607. The lowest BCUT2D eigenvalue weighted by molar-refractivity contribution is 0.101. The number of ketones is 1. The molecule has 1 aromatic heterocycles. The molecule has 0 aliphatic carbocycles. The second-order valence-electron chi connectivity index (χ2n) is 5.50. The first-order valence-electron chi connectivity index (χ1n) is 7.87. The molecule has 0 amide bonds. The zero-order chi connectivity index (χ0) is 18.5. The Morgan fingerprint density at radius 2 is 1.77 bits per heavy atom. The van der Waals surface area contributed by atoms with E-state index in [1.807, 2.05) is 18.2 Å². The number of anilines is 4. The fourth-order valence-corrected chi connectivity index (χ4v) is 2.56. The molecule has 0 bridgehead atoms. The van der Waals surface area contributed by atoms with Gasteiger partial charge in [-0.3, -0.25) is 4.79 Å². The molecule has 0 unspecified atom stereocenters. The summed E-state index contributed by atoms with van der Waals surface area (Å²) >= 11 is 6.13. The molecule has 6 nitrogen and oxygen atoms in total. The van der Waals surface area contributed by atoms with E-state index in [0.29, 0.717) is 28.1 Å². The van der Waals surface area contributed by atoms with Gasteiger partial charge >= 0.3 is 0 Å². The van der Waals surface area contributed by atoms with Gasteiger partial charge in [-0.2, -0.15) is 4.98 Å². The van der Waals surface area contributed by atoms with E-state index >= 15 is 0 Å². The molecular weight excluding hydrogens is 352 g/mol. The first-order chi connectivity index (χ1) is 12.5. The van der Waals surface area contributed by atoms with Crippen LogP contribution in [-0.4, -0.2) is 22.9 Å². The van der Waals surface area contributed by atoms with Gasteiger partial charge < -0.3 is 15.4 Å². The molecule has 0 saturated heterocycles.